The van der Waals surface area contributed by atoms with E-state index in [4.69, 9.17) is 9.47 Å². The smallest absolute Gasteiger partial charge is 0.215 e. The lowest BCUT2D eigenvalue weighted by atomic mass is 10.2. The summed E-state index contributed by atoms with van der Waals surface area (Å²) in [6.07, 6.45) is 7.26. The Bertz CT molecular complexity index is 519. The maximum absolute atomic E-state index is 12.0. The molecular weight excluding hydrogens is 300 g/mol. The molecule has 2 heterocycles. The van der Waals surface area contributed by atoms with Crippen molar-refractivity contribution in [3.8, 4) is 0 Å². The van der Waals surface area contributed by atoms with Crippen molar-refractivity contribution in [2.75, 3.05) is 27.3 Å². The highest BCUT2D eigenvalue weighted by Crippen LogP contribution is 2.20. The van der Waals surface area contributed by atoms with E-state index in [1.807, 2.05) is 25.9 Å². The van der Waals surface area contributed by atoms with Crippen molar-refractivity contribution < 1.29 is 14.3 Å². The topological polar surface area (TPSA) is 51.7 Å². The molecule has 5 nitrogen and oxygen atoms in total. The lowest BCUT2D eigenvalue weighted by Gasteiger charge is -2.22. The molecule has 0 saturated carbocycles. The van der Waals surface area contributed by atoms with Gasteiger partial charge >= 0.3 is 0 Å². The summed E-state index contributed by atoms with van der Waals surface area (Å²) in [7, 11) is 3.76. The molecule has 6 heteroatoms. The number of aromatic nitrogens is 1. The van der Waals surface area contributed by atoms with Gasteiger partial charge in [0.1, 0.15) is 0 Å². The molecule has 1 aliphatic rings. The van der Waals surface area contributed by atoms with Gasteiger partial charge in [-0.2, -0.15) is 0 Å². The largest absolute Gasteiger partial charge is 0.383 e. The SMILES string of the molecule is Cc1nc(C(=O)/C=C/N(C)C)sc1CCOC1CCCCO1. The minimum absolute atomic E-state index is 0.0513. The van der Waals surface area contributed by atoms with Crippen LogP contribution in [0.1, 0.15) is 39.6 Å². The lowest BCUT2D eigenvalue weighted by molar-refractivity contribution is -0.161. The summed E-state index contributed by atoms with van der Waals surface area (Å²) in [5.74, 6) is -0.0513. The fraction of sp³-hybridized carbons (Fsp3) is 0.625. The van der Waals surface area contributed by atoms with Gasteiger partial charge in [0, 0.05) is 44.3 Å². The summed E-state index contributed by atoms with van der Waals surface area (Å²) in [6.45, 7) is 3.34. The summed E-state index contributed by atoms with van der Waals surface area (Å²) in [5, 5.41) is 0.541. The first-order valence-corrected chi connectivity index (χ1v) is 8.46. The first-order valence-electron chi connectivity index (χ1n) is 7.64. The molecule has 1 atom stereocenters. The van der Waals surface area contributed by atoms with Crippen LogP contribution in [0.15, 0.2) is 12.3 Å². The first-order chi connectivity index (χ1) is 10.6. The lowest BCUT2D eigenvalue weighted by Crippen LogP contribution is -2.23. The second-order valence-electron chi connectivity index (χ2n) is 5.59. The number of aryl methyl sites for hydroxylation is 1. The molecule has 122 valence electrons. The number of thiazole rings is 1. The van der Waals surface area contributed by atoms with Crippen LogP contribution in [0.5, 0.6) is 0 Å². The average molecular weight is 324 g/mol. The summed E-state index contributed by atoms with van der Waals surface area (Å²) in [4.78, 5) is 19.3. The first kappa shape index (κ1) is 17.1. The van der Waals surface area contributed by atoms with Crippen LogP contribution in [0.4, 0.5) is 0 Å². The van der Waals surface area contributed by atoms with E-state index in [0.717, 1.165) is 36.4 Å². The molecule has 1 fully saturated rings. The van der Waals surface area contributed by atoms with Crippen LogP contribution in [0.2, 0.25) is 0 Å². The van der Waals surface area contributed by atoms with E-state index in [0.29, 0.717) is 11.6 Å². The molecule has 1 aromatic heterocycles. The monoisotopic (exact) mass is 324 g/mol. The zero-order chi connectivity index (χ0) is 15.9. The Labute approximate surface area is 135 Å². The van der Waals surface area contributed by atoms with E-state index < -0.39 is 0 Å². The number of rotatable bonds is 7. The number of carbonyl (C=O) groups excluding carboxylic acids is 1. The maximum Gasteiger partial charge on any atom is 0.215 e. The van der Waals surface area contributed by atoms with Gasteiger partial charge in [0.25, 0.3) is 0 Å². The molecular formula is C16H24N2O3S. The Morgan fingerprint density at radius 3 is 3.00 bits per heavy atom. The van der Waals surface area contributed by atoms with E-state index in [-0.39, 0.29) is 12.1 Å². The third-order valence-corrected chi connectivity index (χ3v) is 4.63. The second kappa shape index (κ2) is 8.41. The van der Waals surface area contributed by atoms with Crippen LogP contribution in [0.25, 0.3) is 0 Å². The van der Waals surface area contributed by atoms with Gasteiger partial charge in [0.2, 0.25) is 5.78 Å². The Hall–Kier alpha value is -1.24. The molecule has 1 saturated heterocycles. The molecule has 2 rings (SSSR count). The Morgan fingerprint density at radius 2 is 2.32 bits per heavy atom. The van der Waals surface area contributed by atoms with E-state index >= 15 is 0 Å². The third kappa shape index (κ3) is 5.19. The van der Waals surface area contributed by atoms with Crippen molar-refractivity contribution in [3.63, 3.8) is 0 Å². The predicted octanol–water partition coefficient (Wildman–Crippen LogP) is 2.80. The highest BCUT2D eigenvalue weighted by atomic mass is 32.1. The van der Waals surface area contributed by atoms with Gasteiger partial charge in [-0.15, -0.1) is 11.3 Å². The molecule has 22 heavy (non-hydrogen) atoms. The normalized spacial score (nSPS) is 18.8. The minimum atomic E-state index is -0.0638. The van der Waals surface area contributed by atoms with Gasteiger partial charge in [-0.1, -0.05) is 0 Å². The molecule has 0 aromatic carbocycles. The Morgan fingerprint density at radius 1 is 1.50 bits per heavy atom. The average Bonchev–Trinajstić information content (AvgIpc) is 2.87. The van der Waals surface area contributed by atoms with Gasteiger partial charge in [0.15, 0.2) is 11.3 Å². The van der Waals surface area contributed by atoms with Crippen molar-refractivity contribution in [3.05, 3.63) is 27.9 Å². The van der Waals surface area contributed by atoms with Crippen LogP contribution in [0, 0.1) is 6.92 Å². The van der Waals surface area contributed by atoms with Crippen LogP contribution in [0.3, 0.4) is 0 Å². The molecule has 0 radical (unpaired) electrons. The number of ketones is 1. The van der Waals surface area contributed by atoms with Crippen LogP contribution in [-0.2, 0) is 15.9 Å². The summed E-state index contributed by atoms with van der Waals surface area (Å²) in [6, 6.07) is 0. The Balaban J connectivity index is 1.85. The van der Waals surface area contributed by atoms with Crippen molar-refractivity contribution >= 4 is 17.1 Å². The van der Waals surface area contributed by atoms with Crippen LogP contribution in [-0.4, -0.2) is 49.3 Å². The fourth-order valence-electron chi connectivity index (χ4n) is 2.18. The van der Waals surface area contributed by atoms with E-state index in [1.165, 1.54) is 17.8 Å². The molecule has 1 aromatic rings. The molecule has 0 N–H and O–H groups in total. The van der Waals surface area contributed by atoms with E-state index in [9.17, 15) is 4.79 Å². The van der Waals surface area contributed by atoms with E-state index in [1.54, 1.807) is 12.3 Å². The standard InChI is InChI=1S/C16H24N2O3S/c1-12-14(8-11-21-15-6-4-5-10-20-15)22-16(17-12)13(19)7-9-18(2)3/h7,9,15H,4-6,8,10-11H2,1-3H3/b9-7+. The van der Waals surface area contributed by atoms with Crippen LogP contribution >= 0.6 is 11.3 Å². The molecule has 1 unspecified atom stereocenters. The molecule has 0 spiro atoms. The quantitative estimate of drug-likeness (QED) is 0.570. The molecule has 0 amide bonds. The molecule has 0 aliphatic carbocycles. The van der Waals surface area contributed by atoms with Crippen molar-refractivity contribution in [1.82, 2.24) is 9.88 Å². The predicted molar refractivity (Wildman–Crippen MR) is 87.3 cm³/mol. The summed E-state index contributed by atoms with van der Waals surface area (Å²) >= 11 is 1.45. The minimum Gasteiger partial charge on any atom is -0.383 e. The number of hydrogen-bond donors (Lipinski definition) is 0. The third-order valence-electron chi connectivity index (χ3n) is 3.40. The number of ether oxygens (including phenoxy) is 2. The number of nitrogens with zero attached hydrogens (tertiary/aromatic N) is 2. The van der Waals surface area contributed by atoms with Gasteiger partial charge in [-0.25, -0.2) is 4.98 Å². The Kier molecular flexibility index (Phi) is 6.54. The number of allylic oxidation sites excluding steroid dienone is 1. The fourth-order valence-corrected chi connectivity index (χ4v) is 3.14. The van der Waals surface area contributed by atoms with Gasteiger partial charge in [-0.3, -0.25) is 4.79 Å². The zero-order valence-corrected chi connectivity index (χ0v) is 14.3. The number of carbonyl (C=O) groups is 1. The summed E-state index contributed by atoms with van der Waals surface area (Å²) < 4.78 is 11.3. The van der Waals surface area contributed by atoms with Crippen LogP contribution < -0.4 is 0 Å². The van der Waals surface area contributed by atoms with Crippen molar-refractivity contribution in [2.24, 2.45) is 0 Å². The van der Waals surface area contributed by atoms with Gasteiger partial charge in [-0.05, 0) is 26.2 Å². The summed E-state index contributed by atoms with van der Waals surface area (Å²) in [5.41, 5.74) is 0.916. The molecule has 1 aliphatic heterocycles. The van der Waals surface area contributed by atoms with Crippen molar-refractivity contribution in [1.29, 1.82) is 0 Å². The van der Waals surface area contributed by atoms with Crippen molar-refractivity contribution in [2.45, 2.75) is 38.9 Å². The molecule has 0 bridgehead atoms. The highest BCUT2D eigenvalue weighted by molar-refractivity contribution is 7.13. The van der Waals surface area contributed by atoms with Gasteiger partial charge in [0.05, 0.1) is 12.3 Å². The van der Waals surface area contributed by atoms with E-state index in [2.05, 4.69) is 4.98 Å². The second-order valence-corrected chi connectivity index (χ2v) is 6.67. The van der Waals surface area contributed by atoms with Gasteiger partial charge < -0.3 is 14.4 Å². The maximum atomic E-state index is 12.0. The number of hydrogen-bond acceptors (Lipinski definition) is 6. The zero-order valence-electron chi connectivity index (χ0n) is 13.5. The highest BCUT2D eigenvalue weighted by Gasteiger charge is 2.16.